The first kappa shape index (κ1) is 18.7. The number of nitriles is 1. The van der Waals surface area contributed by atoms with Gasteiger partial charge in [-0.3, -0.25) is 4.90 Å². The first-order valence-electron chi connectivity index (χ1n) is 9.16. The second kappa shape index (κ2) is 7.40. The van der Waals surface area contributed by atoms with E-state index in [0.717, 1.165) is 10.9 Å². The molecule has 1 fully saturated rings. The molecule has 4 rings (SSSR count). The summed E-state index contributed by atoms with van der Waals surface area (Å²) in [4.78, 5) is 2.26. The maximum absolute atomic E-state index is 13.3. The van der Waals surface area contributed by atoms with E-state index in [1.165, 1.54) is 3.97 Å². The molecule has 7 heteroatoms. The zero-order valence-electron chi connectivity index (χ0n) is 15.6. The first-order valence-corrected chi connectivity index (χ1v) is 10.6. The van der Waals surface area contributed by atoms with Crippen LogP contribution in [0.4, 0.5) is 0 Å². The molecule has 0 N–H and O–H groups in total. The van der Waals surface area contributed by atoms with E-state index in [-0.39, 0.29) is 4.90 Å². The van der Waals surface area contributed by atoms with Gasteiger partial charge >= 0.3 is 0 Å². The number of nitrogens with zero attached hydrogens (tertiary/aromatic N) is 3. The molecule has 0 saturated carbocycles. The van der Waals surface area contributed by atoms with Crippen molar-refractivity contribution in [1.29, 1.82) is 5.26 Å². The molecule has 2 aromatic carbocycles. The van der Waals surface area contributed by atoms with Crippen molar-refractivity contribution in [3.8, 4) is 6.07 Å². The third kappa shape index (κ3) is 3.20. The molecule has 0 bridgehead atoms. The van der Waals surface area contributed by atoms with Crippen molar-refractivity contribution in [3.05, 3.63) is 65.9 Å². The normalized spacial score (nSPS) is 16.7. The highest BCUT2D eigenvalue weighted by Crippen LogP contribution is 2.32. The minimum atomic E-state index is -3.77. The lowest BCUT2D eigenvalue weighted by Gasteiger charge is -2.30. The van der Waals surface area contributed by atoms with Crippen LogP contribution in [0.3, 0.4) is 0 Å². The Labute approximate surface area is 164 Å². The standard InChI is InChI=1S/C21H21N3O3S/c1-16-6-8-17(9-7-16)28(25,26)24-15-19(18-4-2-3-5-20(18)24)21(14-22)23-10-12-27-13-11-23/h2-9,15,21H,10-13H2,1H3/t21-/m0/s1. The van der Waals surface area contributed by atoms with Crippen molar-refractivity contribution in [2.75, 3.05) is 26.3 Å². The molecular weight excluding hydrogens is 374 g/mol. The highest BCUT2D eigenvalue weighted by molar-refractivity contribution is 7.90. The van der Waals surface area contributed by atoms with Crippen LogP contribution in [-0.4, -0.2) is 43.6 Å². The predicted octanol–water partition coefficient (Wildman–Crippen LogP) is 3.08. The Morgan fingerprint density at radius 1 is 1.07 bits per heavy atom. The fraction of sp³-hybridized carbons (Fsp3) is 0.286. The molecule has 1 aromatic heterocycles. The molecule has 0 spiro atoms. The minimum absolute atomic E-state index is 0.227. The van der Waals surface area contributed by atoms with Crippen molar-refractivity contribution >= 4 is 20.9 Å². The molecule has 144 valence electrons. The molecular formula is C21H21N3O3S. The van der Waals surface area contributed by atoms with Crippen LogP contribution in [0.5, 0.6) is 0 Å². The highest BCUT2D eigenvalue weighted by atomic mass is 32.2. The lowest BCUT2D eigenvalue weighted by molar-refractivity contribution is 0.0268. The Bertz CT molecular complexity index is 1140. The van der Waals surface area contributed by atoms with Crippen LogP contribution >= 0.6 is 0 Å². The van der Waals surface area contributed by atoms with Crippen LogP contribution in [0.15, 0.2) is 59.6 Å². The SMILES string of the molecule is Cc1ccc(S(=O)(=O)n2cc([C@H](C#N)N3CCOCC3)c3ccccc32)cc1. The second-order valence-corrected chi connectivity index (χ2v) is 8.71. The van der Waals surface area contributed by atoms with Gasteiger partial charge < -0.3 is 4.74 Å². The molecule has 0 radical (unpaired) electrons. The summed E-state index contributed by atoms with van der Waals surface area (Å²) in [5.41, 5.74) is 2.27. The lowest BCUT2D eigenvalue weighted by atomic mass is 10.1. The fourth-order valence-corrected chi connectivity index (χ4v) is 4.98. The summed E-state index contributed by atoms with van der Waals surface area (Å²) >= 11 is 0. The first-order chi connectivity index (χ1) is 13.5. The zero-order valence-corrected chi connectivity index (χ0v) is 16.4. The Hall–Kier alpha value is -2.66. The van der Waals surface area contributed by atoms with Crippen molar-refractivity contribution in [3.63, 3.8) is 0 Å². The van der Waals surface area contributed by atoms with Crippen molar-refractivity contribution in [1.82, 2.24) is 8.87 Å². The number of fused-ring (bicyclic) bond motifs is 1. The number of aromatic nitrogens is 1. The maximum atomic E-state index is 13.3. The van der Waals surface area contributed by atoms with E-state index >= 15 is 0 Å². The number of benzene rings is 2. The highest BCUT2D eigenvalue weighted by Gasteiger charge is 2.28. The molecule has 1 saturated heterocycles. The van der Waals surface area contributed by atoms with Crippen LogP contribution in [-0.2, 0) is 14.8 Å². The molecule has 0 amide bonds. The monoisotopic (exact) mass is 395 g/mol. The molecule has 2 heterocycles. The Morgan fingerprint density at radius 3 is 2.43 bits per heavy atom. The third-order valence-electron chi connectivity index (χ3n) is 5.11. The van der Waals surface area contributed by atoms with Crippen molar-refractivity contribution < 1.29 is 13.2 Å². The number of hydrogen-bond donors (Lipinski definition) is 0. The van der Waals surface area contributed by atoms with Crippen LogP contribution in [0.25, 0.3) is 10.9 Å². The summed E-state index contributed by atoms with van der Waals surface area (Å²) < 4.78 is 33.3. The average molecular weight is 395 g/mol. The van der Waals surface area contributed by atoms with E-state index in [1.807, 2.05) is 30.0 Å². The topological polar surface area (TPSA) is 75.3 Å². The molecule has 1 aliphatic rings. The molecule has 1 aliphatic heterocycles. The quantitative estimate of drug-likeness (QED) is 0.679. The van der Waals surface area contributed by atoms with Gasteiger partial charge in [0.1, 0.15) is 6.04 Å². The molecule has 3 aromatic rings. The van der Waals surface area contributed by atoms with Crippen LogP contribution in [0.1, 0.15) is 17.2 Å². The van der Waals surface area contributed by atoms with Crippen molar-refractivity contribution in [2.45, 2.75) is 17.9 Å². The molecule has 0 aliphatic carbocycles. The second-order valence-electron chi connectivity index (χ2n) is 6.90. The van der Waals surface area contributed by atoms with Gasteiger partial charge in [0.2, 0.25) is 0 Å². The molecule has 6 nitrogen and oxygen atoms in total. The van der Waals surface area contributed by atoms with E-state index < -0.39 is 16.1 Å². The van der Waals surface area contributed by atoms with Crippen LogP contribution in [0, 0.1) is 18.3 Å². The van der Waals surface area contributed by atoms with Crippen LogP contribution < -0.4 is 0 Å². The number of aryl methyl sites for hydroxylation is 1. The number of rotatable bonds is 4. The maximum Gasteiger partial charge on any atom is 0.268 e. The summed E-state index contributed by atoms with van der Waals surface area (Å²) in [6.07, 6.45) is 1.60. The van der Waals surface area contributed by atoms with E-state index in [4.69, 9.17) is 4.74 Å². The minimum Gasteiger partial charge on any atom is -0.379 e. The number of hydrogen-bond acceptors (Lipinski definition) is 5. The van der Waals surface area contributed by atoms with Gasteiger partial charge in [-0.2, -0.15) is 5.26 Å². The van der Waals surface area contributed by atoms with Gasteiger partial charge in [-0.25, -0.2) is 12.4 Å². The van der Waals surface area contributed by atoms with E-state index in [9.17, 15) is 13.7 Å². The summed E-state index contributed by atoms with van der Waals surface area (Å²) in [6, 6.07) is 15.9. The van der Waals surface area contributed by atoms with Crippen LogP contribution in [0.2, 0.25) is 0 Å². The molecule has 0 unspecified atom stereocenters. The predicted molar refractivity (Wildman–Crippen MR) is 106 cm³/mol. The largest absolute Gasteiger partial charge is 0.379 e. The van der Waals surface area contributed by atoms with Gasteiger partial charge in [-0.1, -0.05) is 35.9 Å². The van der Waals surface area contributed by atoms with Gasteiger partial charge in [0.25, 0.3) is 10.0 Å². The van der Waals surface area contributed by atoms with Gasteiger partial charge in [0.15, 0.2) is 0 Å². The van der Waals surface area contributed by atoms with E-state index in [0.29, 0.717) is 37.4 Å². The average Bonchev–Trinajstić information content (AvgIpc) is 3.10. The number of morpholine rings is 1. The van der Waals surface area contributed by atoms with Crippen molar-refractivity contribution in [2.24, 2.45) is 0 Å². The zero-order chi connectivity index (χ0) is 19.7. The smallest absolute Gasteiger partial charge is 0.268 e. The Kier molecular flexibility index (Phi) is 4.94. The van der Waals surface area contributed by atoms with Gasteiger partial charge in [-0.15, -0.1) is 0 Å². The summed E-state index contributed by atoms with van der Waals surface area (Å²) in [5, 5.41) is 10.6. The third-order valence-corrected chi connectivity index (χ3v) is 6.80. The van der Waals surface area contributed by atoms with Gasteiger partial charge in [0, 0.05) is 30.2 Å². The Balaban J connectivity index is 1.87. The Morgan fingerprint density at radius 2 is 1.75 bits per heavy atom. The number of ether oxygens (including phenoxy) is 1. The summed E-state index contributed by atoms with van der Waals surface area (Å²) in [6.45, 7) is 4.33. The molecule has 28 heavy (non-hydrogen) atoms. The summed E-state index contributed by atoms with van der Waals surface area (Å²) in [5.74, 6) is 0. The van der Waals surface area contributed by atoms with E-state index in [2.05, 4.69) is 6.07 Å². The van der Waals surface area contributed by atoms with Gasteiger partial charge in [0.05, 0.1) is 29.7 Å². The van der Waals surface area contributed by atoms with E-state index in [1.54, 1.807) is 36.5 Å². The lowest BCUT2D eigenvalue weighted by Crippen LogP contribution is -2.38. The summed E-state index contributed by atoms with van der Waals surface area (Å²) in [7, 11) is -3.77. The fourth-order valence-electron chi connectivity index (χ4n) is 3.60. The van der Waals surface area contributed by atoms with Gasteiger partial charge in [-0.05, 0) is 25.1 Å². The molecule has 1 atom stereocenters. The number of para-hydroxylation sites is 1.